The van der Waals surface area contributed by atoms with Crippen LogP contribution in [-0.4, -0.2) is 17.8 Å². The first kappa shape index (κ1) is 11.2. The largest absolute Gasteiger partial charge is 0.351 e. The van der Waals surface area contributed by atoms with E-state index in [1.54, 1.807) is 0 Å². The summed E-state index contributed by atoms with van der Waals surface area (Å²) in [6.07, 6.45) is 0.957. The van der Waals surface area contributed by atoms with Gasteiger partial charge in [0.1, 0.15) is 0 Å². The van der Waals surface area contributed by atoms with E-state index in [0.29, 0.717) is 0 Å². The van der Waals surface area contributed by atoms with Gasteiger partial charge in [0, 0.05) is 11.9 Å². The molecule has 13 heavy (non-hydrogen) atoms. The summed E-state index contributed by atoms with van der Waals surface area (Å²) < 4.78 is 0.984. The fourth-order valence-electron chi connectivity index (χ4n) is 0.792. The van der Waals surface area contributed by atoms with E-state index in [9.17, 15) is 4.79 Å². The average molecular weight is 327 g/mol. The molecule has 1 aromatic heterocycles. The number of halogens is 2. The van der Waals surface area contributed by atoms with Crippen molar-refractivity contribution in [3.63, 3.8) is 0 Å². The number of carbonyl (C=O) groups excluding carboxylic acids is 1. The average Bonchev–Trinajstić information content (AvgIpc) is 2.52. The molecule has 1 N–H and O–H groups in total. The molecular formula is C8H9Br2NOS. The lowest BCUT2D eigenvalue weighted by atomic mass is 10.4. The van der Waals surface area contributed by atoms with Crippen LogP contribution < -0.4 is 5.32 Å². The van der Waals surface area contributed by atoms with Crippen molar-refractivity contribution in [3.8, 4) is 0 Å². The van der Waals surface area contributed by atoms with Gasteiger partial charge in [-0.05, 0) is 34.5 Å². The molecular weight excluding hydrogens is 318 g/mol. The molecule has 0 bridgehead atoms. The first-order valence-electron chi connectivity index (χ1n) is 3.83. The predicted octanol–water partition coefficient (Wildman–Crippen LogP) is 3.03. The first-order valence-corrected chi connectivity index (χ1v) is 6.56. The molecule has 0 radical (unpaired) electrons. The molecule has 72 valence electrons. The van der Waals surface area contributed by atoms with Crippen LogP contribution in [0.4, 0.5) is 0 Å². The van der Waals surface area contributed by atoms with Crippen LogP contribution in [0.1, 0.15) is 16.1 Å². The summed E-state index contributed by atoms with van der Waals surface area (Å²) >= 11 is 8.06. The number of thiophene rings is 1. The highest BCUT2D eigenvalue weighted by Gasteiger charge is 2.06. The molecule has 0 aliphatic rings. The van der Waals surface area contributed by atoms with E-state index in [1.165, 1.54) is 11.3 Å². The van der Waals surface area contributed by atoms with Gasteiger partial charge in [0.05, 0.1) is 8.66 Å². The lowest BCUT2D eigenvalue weighted by Crippen LogP contribution is -2.23. The van der Waals surface area contributed by atoms with Gasteiger partial charge in [-0.2, -0.15) is 0 Å². The smallest absolute Gasteiger partial charge is 0.261 e. The van der Waals surface area contributed by atoms with Crippen LogP contribution in [-0.2, 0) is 0 Å². The number of hydrogen-bond acceptors (Lipinski definition) is 2. The second-order valence-corrected chi connectivity index (χ2v) is 5.66. The van der Waals surface area contributed by atoms with E-state index in [2.05, 4.69) is 37.2 Å². The Morgan fingerprint density at radius 2 is 2.31 bits per heavy atom. The zero-order valence-corrected chi connectivity index (χ0v) is 10.8. The summed E-state index contributed by atoms with van der Waals surface area (Å²) in [5.41, 5.74) is 0. The fourth-order valence-corrected chi connectivity index (χ4v) is 2.38. The molecule has 2 nitrogen and oxygen atoms in total. The molecule has 1 aromatic rings. The van der Waals surface area contributed by atoms with E-state index >= 15 is 0 Å². The Labute approximate surface area is 98.0 Å². The molecule has 0 unspecified atom stereocenters. The summed E-state index contributed by atoms with van der Waals surface area (Å²) in [4.78, 5) is 12.1. The monoisotopic (exact) mass is 325 g/mol. The maximum Gasteiger partial charge on any atom is 0.261 e. The quantitative estimate of drug-likeness (QED) is 0.668. The van der Waals surface area contributed by atoms with Crippen LogP contribution in [0.3, 0.4) is 0 Å². The summed E-state index contributed by atoms with van der Waals surface area (Å²) in [6, 6.07) is 3.70. The Balaban J connectivity index is 2.40. The number of nitrogens with one attached hydrogen (secondary N) is 1. The highest BCUT2D eigenvalue weighted by atomic mass is 79.9. The van der Waals surface area contributed by atoms with Crippen molar-refractivity contribution < 1.29 is 4.79 Å². The Bertz CT molecular complexity index is 287. The van der Waals surface area contributed by atoms with Crippen molar-refractivity contribution >= 4 is 49.1 Å². The van der Waals surface area contributed by atoms with Gasteiger partial charge in [0.25, 0.3) is 5.91 Å². The molecule has 0 fully saturated rings. The highest BCUT2D eigenvalue weighted by molar-refractivity contribution is 9.11. The number of carbonyl (C=O) groups is 1. The fraction of sp³-hybridized carbons (Fsp3) is 0.375. The van der Waals surface area contributed by atoms with Gasteiger partial charge in [-0.3, -0.25) is 4.79 Å². The molecule has 5 heteroatoms. The number of amides is 1. The Hall–Kier alpha value is 0.130. The Kier molecular flexibility index (Phi) is 4.98. The second-order valence-electron chi connectivity index (χ2n) is 2.40. The van der Waals surface area contributed by atoms with Crippen molar-refractivity contribution in [2.75, 3.05) is 11.9 Å². The lowest BCUT2D eigenvalue weighted by Gasteiger charge is -2.00. The highest BCUT2D eigenvalue weighted by Crippen LogP contribution is 2.21. The van der Waals surface area contributed by atoms with E-state index in [4.69, 9.17) is 0 Å². The molecule has 1 heterocycles. The third-order valence-corrected chi connectivity index (χ3v) is 3.58. The van der Waals surface area contributed by atoms with E-state index in [0.717, 1.165) is 27.0 Å². The van der Waals surface area contributed by atoms with Crippen LogP contribution in [0.5, 0.6) is 0 Å². The van der Waals surface area contributed by atoms with Gasteiger partial charge in [-0.1, -0.05) is 15.9 Å². The van der Waals surface area contributed by atoms with E-state index in [-0.39, 0.29) is 5.91 Å². The maximum absolute atomic E-state index is 11.4. The molecule has 0 aliphatic heterocycles. The van der Waals surface area contributed by atoms with Gasteiger partial charge in [-0.15, -0.1) is 11.3 Å². The normalized spacial score (nSPS) is 10.0. The van der Waals surface area contributed by atoms with Gasteiger partial charge >= 0.3 is 0 Å². The molecule has 0 atom stereocenters. The predicted molar refractivity (Wildman–Crippen MR) is 62.8 cm³/mol. The van der Waals surface area contributed by atoms with Crippen molar-refractivity contribution in [1.29, 1.82) is 0 Å². The molecule has 0 aliphatic carbocycles. The summed E-state index contributed by atoms with van der Waals surface area (Å²) in [6.45, 7) is 0.722. The molecule has 0 aromatic carbocycles. The zero-order valence-electron chi connectivity index (χ0n) is 6.85. The van der Waals surface area contributed by atoms with Crippen molar-refractivity contribution in [3.05, 3.63) is 20.8 Å². The molecule has 0 saturated heterocycles. The second kappa shape index (κ2) is 5.78. The molecule has 1 rings (SSSR count). The van der Waals surface area contributed by atoms with Crippen LogP contribution in [0.15, 0.2) is 15.9 Å². The van der Waals surface area contributed by atoms with Gasteiger partial charge < -0.3 is 5.32 Å². The van der Waals surface area contributed by atoms with Crippen LogP contribution in [0.25, 0.3) is 0 Å². The summed E-state index contributed by atoms with van der Waals surface area (Å²) in [7, 11) is 0. The van der Waals surface area contributed by atoms with Gasteiger partial charge in [-0.25, -0.2) is 0 Å². The topological polar surface area (TPSA) is 29.1 Å². The maximum atomic E-state index is 11.4. The minimum atomic E-state index is 0.0108. The van der Waals surface area contributed by atoms with Gasteiger partial charge in [0.2, 0.25) is 0 Å². The Morgan fingerprint density at radius 3 is 2.85 bits per heavy atom. The number of hydrogen-bond donors (Lipinski definition) is 1. The third kappa shape index (κ3) is 3.79. The van der Waals surface area contributed by atoms with Crippen molar-refractivity contribution in [2.45, 2.75) is 6.42 Å². The minimum absolute atomic E-state index is 0.0108. The number of rotatable bonds is 4. The SMILES string of the molecule is O=C(NCCCBr)c1ccc(Br)s1. The van der Waals surface area contributed by atoms with Crippen molar-refractivity contribution in [2.24, 2.45) is 0 Å². The summed E-state index contributed by atoms with van der Waals surface area (Å²) in [5, 5.41) is 3.75. The number of alkyl halides is 1. The Morgan fingerprint density at radius 1 is 1.54 bits per heavy atom. The van der Waals surface area contributed by atoms with Crippen molar-refractivity contribution in [1.82, 2.24) is 5.32 Å². The zero-order chi connectivity index (χ0) is 9.68. The van der Waals surface area contributed by atoms with Crippen LogP contribution in [0, 0.1) is 0 Å². The first-order chi connectivity index (χ1) is 6.24. The summed E-state index contributed by atoms with van der Waals surface area (Å²) in [5.74, 6) is 0.0108. The van der Waals surface area contributed by atoms with E-state index < -0.39 is 0 Å². The molecule has 1 amide bonds. The standard InChI is InChI=1S/C8H9Br2NOS/c9-4-1-5-11-8(12)6-2-3-7(10)13-6/h2-3H,1,4-5H2,(H,11,12). The van der Waals surface area contributed by atoms with Crippen LogP contribution >= 0.6 is 43.2 Å². The third-order valence-electron chi connectivity index (χ3n) is 1.39. The van der Waals surface area contributed by atoms with E-state index in [1.807, 2.05) is 12.1 Å². The molecule has 0 spiro atoms. The molecule has 0 saturated carbocycles. The lowest BCUT2D eigenvalue weighted by molar-refractivity contribution is 0.0958. The van der Waals surface area contributed by atoms with Crippen LogP contribution in [0.2, 0.25) is 0 Å². The minimum Gasteiger partial charge on any atom is -0.351 e. The van der Waals surface area contributed by atoms with Gasteiger partial charge in [0.15, 0.2) is 0 Å².